The lowest BCUT2D eigenvalue weighted by Crippen LogP contribution is -2.21. The molecule has 1 amide bonds. The van der Waals surface area contributed by atoms with Gasteiger partial charge in [-0.1, -0.05) is 17.8 Å². The van der Waals surface area contributed by atoms with Crippen molar-refractivity contribution in [3.63, 3.8) is 0 Å². The van der Waals surface area contributed by atoms with Crippen LogP contribution in [0.15, 0.2) is 71.2 Å². The first-order valence-electron chi connectivity index (χ1n) is 11.6. The van der Waals surface area contributed by atoms with Gasteiger partial charge in [-0.25, -0.2) is 0 Å². The molecule has 9 heteroatoms. The smallest absolute Gasteiger partial charge is 0.234 e. The number of carbonyl (C=O) groups is 1. The van der Waals surface area contributed by atoms with Crippen LogP contribution in [0.4, 0.5) is 11.4 Å². The van der Waals surface area contributed by atoms with Crippen LogP contribution in [0.3, 0.4) is 0 Å². The molecule has 4 rings (SSSR count). The predicted molar refractivity (Wildman–Crippen MR) is 145 cm³/mol. The zero-order chi connectivity index (χ0) is 24.6. The van der Waals surface area contributed by atoms with Gasteiger partial charge in [-0.05, 0) is 80.7 Å². The zero-order valence-electron chi connectivity index (χ0n) is 20.1. The Hall–Kier alpha value is -3.30. The Morgan fingerprint density at radius 2 is 1.77 bits per heavy atom. The van der Waals surface area contributed by atoms with Crippen molar-refractivity contribution in [3.8, 4) is 22.1 Å². The van der Waals surface area contributed by atoms with Gasteiger partial charge in [0.15, 0.2) is 11.0 Å². The first-order valence-corrected chi connectivity index (χ1v) is 13.5. The molecule has 0 saturated heterocycles. The molecule has 2 aromatic carbocycles. The van der Waals surface area contributed by atoms with Gasteiger partial charge in [-0.3, -0.25) is 9.36 Å². The summed E-state index contributed by atoms with van der Waals surface area (Å²) in [5.74, 6) is 1.68. The molecule has 0 radical (unpaired) electrons. The SMILES string of the molecule is CCOc1ccc(-n2c(SCC(=O)Nc3ccc(N(CC)CC)cc3)nnc2-c2cccs2)cc1. The summed E-state index contributed by atoms with van der Waals surface area (Å²) in [5, 5.41) is 14.5. The van der Waals surface area contributed by atoms with Gasteiger partial charge < -0.3 is 15.0 Å². The van der Waals surface area contributed by atoms with Crippen LogP contribution < -0.4 is 15.0 Å². The van der Waals surface area contributed by atoms with Gasteiger partial charge in [0.05, 0.1) is 22.9 Å². The number of nitrogens with one attached hydrogen (secondary N) is 1. The van der Waals surface area contributed by atoms with E-state index in [0.717, 1.165) is 46.6 Å². The molecule has 0 saturated carbocycles. The fourth-order valence-corrected chi connectivity index (χ4v) is 5.14. The van der Waals surface area contributed by atoms with Gasteiger partial charge in [-0.2, -0.15) is 0 Å². The van der Waals surface area contributed by atoms with Crippen molar-refractivity contribution in [3.05, 3.63) is 66.0 Å². The number of thioether (sulfide) groups is 1. The number of aromatic nitrogens is 3. The van der Waals surface area contributed by atoms with Crippen molar-refractivity contribution in [1.82, 2.24) is 14.8 Å². The fourth-order valence-electron chi connectivity index (χ4n) is 3.69. The average Bonchev–Trinajstić information content (AvgIpc) is 3.55. The number of carbonyl (C=O) groups excluding carboxylic acids is 1. The third kappa shape index (κ3) is 6.04. The molecule has 7 nitrogen and oxygen atoms in total. The summed E-state index contributed by atoms with van der Waals surface area (Å²) >= 11 is 2.96. The van der Waals surface area contributed by atoms with Gasteiger partial charge in [0, 0.05) is 24.5 Å². The van der Waals surface area contributed by atoms with E-state index in [9.17, 15) is 4.79 Å². The van der Waals surface area contributed by atoms with Crippen molar-refractivity contribution >= 4 is 40.4 Å². The Kier molecular flexibility index (Phi) is 8.44. The highest BCUT2D eigenvalue weighted by atomic mass is 32.2. The number of hydrogen-bond donors (Lipinski definition) is 1. The molecule has 35 heavy (non-hydrogen) atoms. The van der Waals surface area contributed by atoms with Gasteiger partial charge >= 0.3 is 0 Å². The van der Waals surface area contributed by atoms with E-state index in [1.165, 1.54) is 11.8 Å². The number of benzene rings is 2. The van der Waals surface area contributed by atoms with Gasteiger partial charge in [0.1, 0.15) is 5.75 Å². The molecular formula is C26H29N5O2S2. The molecule has 0 spiro atoms. The largest absolute Gasteiger partial charge is 0.494 e. The van der Waals surface area contributed by atoms with Gasteiger partial charge in [0.2, 0.25) is 5.91 Å². The average molecular weight is 508 g/mol. The topological polar surface area (TPSA) is 72.3 Å². The lowest BCUT2D eigenvalue weighted by molar-refractivity contribution is -0.113. The van der Waals surface area contributed by atoms with Crippen molar-refractivity contribution in [2.24, 2.45) is 0 Å². The Balaban J connectivity index is 1.48. The van der Waals surface area contributed by atoms with Crippen LogP contribution >= 0.6 is 23.1 Å². The molecule has 0 bridgehead atoms. The molecule has 4 aromatic rings. The molecule has 0 aliphatic carbocycles. The first kappa shape index (κ1) is 24.8. The number of amides is 1. The predicted octanol–water partition coefficient (Wildman–Crippen LogP) is 5.97. The van der Waals surface area contributed by atoms with Crippen LogP contribution in [-0.2, 0) is 4.79 Å². The second-order valence-electron chi connectivity index (χ2n) is 7.60. The summed E-state index contributed by atoms with van der Waals surface area (Å²) in [5.41, 5.74) is 2.84. The van der Waals surface area contributed by atoms with Gasteiger partial charge in [-0.15, -0.1) is 21.5 Å². The summed E-state index contributed by atoms with van der Waals surface area (Å²) in [6, 6.07) is 19.8. The summed E-state index contributed by atoms with van der Waals surface area (Å²) < 4.78 is 7.56. The van der Waals surface area contributed by atoms with E-state index in [-0.39, 0.29) is 11.7 Å². The lowest BCUT2D eigenvalue weighted by Gasteiger charge is -2.21. The number of rotatable bonds is 11. The van der Waals surface area contributed by atoms with E-state index in [1.807, 2.05) is 77.5 Å². The zero-order valence-corrected chi connectivity index (χ0v) is 21.7. The van der Waals surface area contributed by atoms with Crippen LogP contribution in [-0.4, -0.2) is 46.1 Å². The molecule has 2 heterocycles. The number of thiophene rings is 1. The van der Waals surface area contributed by atoms with Crippen molar-refractivity contribution in [2.75, 3.05) is 35.7 Å². The molecule has 0 atom stereocenters. The maximum Gasteiger partial charge on any atom is 0.234 e. The standard InChI is InChI=1S/C26H29N5O2S2/c1-4-30(5-2)20-11-9-19(10-12-20)27-24(32)18-35-26-29-28-25(23-8-7-17-34-23)31(26)21-13-15-22(16-14-21)33-6-3/h7-17H,4-6,18H2,1-3H3,(H,27,32). The maximum absolute atomic E-state index is 12.7. The molecule has 2 aromatic heterocycles. The van der Waals surface area contributed by atoms with Crippen LogP contribution in [0.5, 0.6) is 5.75 Å². The van der Waals surface area contributed by atoms with E-state index in [2.05, 4.69) is 34.3 Å². The summed E-state index contributed by atoms with van der Waals surface area (Å²) in [7, 11) is 0. The van der Waals surface area contributed by atoms with Crippen molar-refractivity contribution in [1.29, 1.82) is 0 Å². The van der Waals surface area contributed by atoms with E-state index in [0.29, 0.717) is 11.8 Å². The van der Waals surface area contributed by atoms with Crippen molar-refractivity contribution in [2.45, 2.75) is 25.9 Å². The Labute approximate surface area is 214 Å². The molecule has 182 valence electrons. The van der Waals surface area contributed by atoms with Gasteiger partial charge in [0.25, 0.3) is 0 Å². The van der Waals surface area contributed by atoms with Crippen LogP contribution in [0.25, 0.3) is 16.4 Å². The monoisotopic (exact) mass is 507 g/mol. The van der Waals surface area contributed by atoms with Crippen LogP contribution in [0.2, 0.25) is 0 Å². The molecule has 0 aliphatic rings. The quantitative estimate of drug-likeness (QED) is 0.252. The Morgan fingerprint density at radius 1 is 1.03 bits per heavy atom. The second kappa shape index (κ2) is 11.9. The third-order valence-corrected chi connectivity index (χ3v) is 7.19. The molecular weight excluding hydrogens is 478 g/mol. The Bertz CT molecular complexity index is 1220. The minimum absolute atomic E-state index is 0.0930. The minimum atomic E-state index is -0.0930. The van der Waals surface area contributed by atoms with E-state index in [4.69, 9.17) is 4.74 Å². The molecule has 1 N–H and O–H groups in total. The van der Waals surface area contributed by atoms with Crippen molar-refractivity contribution < 1.29 is 9.53 Å². The Morgan fingerprint density at radius 3 is 2.40 bits per heavy atom. The van der Waals surface area contributed by atoms with Crippen LogP contribution in [0, 0.1) is 0 Å². The number of hydrogen-bond acceptors (Lipinski definition) is 7. The third-order valence-electron chi connectivity index (χ3n) is 5.39. The molecule has 0 fully saturated rings. The highest BCUT2D eigenvalue weighted by molar-refractivity contribution is 7.99. The van der Waals surface area contributed by atoms with E-state index >= 15 is 0 Å². The molecule has 0 unspecified atom stereocenters. The first-order chi connectivity index (χ1) is 17.1. The lowest BCUT2D eigenvalue weighted by atomic mass is 10.2. The number of ether oxygens (including phenoxy) is 1. The fraction of sp³-hybridized carbons (Fsp3) is 0.269. The molecule has 0 aliphatic heterocycles. The highest BCUT2D eigenvalue weighted by Crippen LogP contribution is 2.31. The minimum Gasteiger partial charge on any atom is -0.494 e. The summed E-state index contributed by atoms with van der Waals surface area (Å²) in [6.07, 6.45) is 0. The number of nitrogens with zero attached hydrogens (tertiary/aromatic N) is 4. The van der Waals surface area contributed by atoms with Crippen LogP contribution in [0.1, 0.15) is 20.8 Å². The second-order valence-corrected chi connectivity index (χ2v) is 9.49. The van der Waals surface area contributed by atoms with E-state index in [1.54, 1.807) is 11.3 Å². The highest BCUT2D eigenvalue weighted by Gasteiger charge is 2.18. The normalized spacial score (nSPS) is 10.8. The summed E-state index contributed by atoms with van der Waals surface area (Å²) in [6.45, 7) is 8.73. The number of anilines is 2. The maximum atomic E-state index is 12.7. The summed E-state index contributed by atoms with van der Waals surface area (Å²) in [4.78, 5) is 16.0. The van der Waals surface area contributed by atoms with E-state index < -0.39 is 0 Å².